The molecule has 1 amide bonds. The standard InChI is InChI=1S/C12H12N2O/c15-12-10-7-4-8-11(10)13-14(12)9-5-2-1-3-6-9/h1-3,5-6,10H,4,7-8H2/t10-/m1/s1. The van der Waals surface area contributed by atoms with Gasteiger partial charge in [0, 0.05) is 0 Å². The van der Waals surface area contributed by atoms with Crippen LogP contribution in [0.15, 0.2) is 35.4 Å². The van der Waals surface area contributed by atoms with Gasteiger partial charge in [-0.3, -0.25) is 4.79 Å². The molecule has 0 radical (unpaired) electrons. The molecule has 1 saturated carbocycles. The SMILES string of the molecule is O=C1[C@@H]2CCCC2=NN1c1ccccc1. The van der Waals surface area contributed by atoms with Crippen LogP contribution in [0.1, 0.15) is 19.3 Å². The second-order valence-corrected chi connectivity index (χ2v) is 4.02. The molecule has 3 rings (SSSR count). The van der Waals surface area contributed by atoms with Crippen molar-refractivity contribution < 1.29 is 4.79 Å². The summed E-state index contributed by atoms with van der Waals surface area (Å²) in [5.74, 6) is 0.221. The molecule has 0 bridgehead atoms. The molecule has 1 aromatic carbocycles. The summed E-state index contributed by atoms with van der Waals surface area (Å²) in [6.45, 7) is 0. The smallest absolute Gasteiger partial charge is 0.256 e. The molecule has 0 N–H and O–H groups in total. The third-order valence-electron chi connectivity index (χ3n) is 3.06. The topological polar surface area (TPSA) is 32.7 Å². The van der Waals surface area contributed by atoms with Gasteiger partial charge in [0.2, 0.25) is 0 Å². The Morgan fingerprint density at radius 3 is 2.80 bits per heavy atom. The molecule has 1 fully saturated rings. The van der Waals surface area contributed by atoms with Crippen molar-refractivity contribution in [1.29, 1.82) is 0 Å². The normalized spacial score (nSPS) is 24.3. The van der Waals surface area contributed by atoms with Crippen LogP contribution in [0, 0.1) is 5.92 Å². The first kappa shape index (κ1) is 8.65. The number of nitrogens with zero attached hydrogens (tertiary/aromatic N) is 2. The van der Waals surface area contributed by atoms with Crippen molar-refractivity contribution in [2.75, 3.05) is 5.01 Å². The van der Waals surface area contributed by atoms with E-state index < -0.39 is 0 Å². The maximum Gasteiger partial charge on any atom is 0.256 e. The molecule has 76 valence electrons. The summed E-state index contributed by atoms with van der Waals surface area (Å²) in [7, 11) is 0. The van der Waals surface area contributed by atoms with Gasteiger partial charge in [-0.05, 0) is 31.4 Å². The number of carbonyl (C=O) groups excluding carboxylic acids is 1. The fourth-order valence-corrected chi connectivity index (χ4v) is 2.29. The second-order valence-electron chi connectivity index (χ2n) is 4.02. The molecule has 0 saturated heterocycles. The van der Waals surface area contributed by atoms with E-state index in [4.69, 9.17) is 0 Å². The van der Waals surface area contributed by atoms with Crippen LogP contribution in [0.2, 0.25) is 0 Å². The summed E-state index contributed by atoms with van der Waals surface area (Å²) in [6, 6.07) is 9.64. The molecule has 1 aliphatic carbocycles. The third kappa shape index (κ3) is 1.27. The van der Waals surface area contributed by atoms with Crippen molar-refractivity contribution in [2.45, 2.75) is 19.3 Å². The number of fused-ring (bicyclic) bond motifs is 1. The fourth-order valence-electron chi connectivity index (χ4n) is 2.29. The molecule has 3 nitrogen and oxygen atoms in total. The zero-order chi connectivity index (χ0) is 10.3. The zero-order valence-electron chi connectivity index (χ0n) is 8.39. The highest BCUT2D eigenvalue weighted by molar-refractivity contribution is 6.16. The number of amides is 1. The maximum atomic E-state index is 12.0. The highest BCUT2D eigenvalue weighted by Crippen LogP contribution is 2.32. The second kappa shape index (κ2) is 3.19. The fraction of sp³-hybridized carbons (Fsp3) is 0.333. The molecule has 2 aliphatic rings. The Balaban J connectivity index is 1.97. The largest absolute Gasteiger partial charge is 0.272 e. The summed E-state index contributed by atoms with van der Waals surface area (Å²) in [6.07, 6.45) is 3.07. The molecule has 1 heterocycles. The lowest BCUT2D eigenvalue weighted by Gasteiger charge is -2.13. The molecule has 1 aliphatic heterocycles. The number of hydrazone groups is 1. The van der Waals surface area contributed by atoms with E-state index >= 15 is 0 Å². The van der Waals surface area contributed by atoms with E-state index in [0.717, 1.165) is 30.7 Å². The number of para-hydroxylation sites is 1. The lowest BCUT2D eigenvalue weighted by atomic mass is 10.1. The van der Waals surface area contributed by atoms with Gasteiger partial charge in [0.15, 0.2) is 0 Å². The van der Waals surface area contributed by atoms with E-state index in [-0.39, 0.29) is 11.8 Å². The summed E-state index contributed by atoms with van der Waals surface area (Å²) >= 11 is 0. The zero-order valence-corrected chi connectivity index (χ0v) is 8.39. The summed E-state index contributed by atoms with van der Waals surface area (Å²) in [4.78, 5) is 12.0. The van der Waals surface area contributed by atoms with Crippen LogP contribution in [-0.4, -0.2) is 11.6 Å². The van der Waals surface area contributed by atoms with E-state index in [1.165, 1.54) is 0 Å². The Kier molecular flexibility index (Phi) is 1.84. The van der Waals surface area contributed by atoms with Gasteiger partial charge in [-0.1, -0.05) is 18.2 Å². The van der Waals surface area contributed by atoms with E-state index in [2.05, 4.69) is 5.10 Å². The Morgan fingerprint density at radius 1 is 1.27 bits per heavy atom. The van der Waals surface area contributed by atoms with Crippen molar-refractivity contribution in [3.05, 3.63) is 30.3 Å². The Labute approximate surface area is 88.4 Å². The highest BCUT2D eigenvalue weighted by atomic mass is 16.2. The van der Waals surface area contributed by atoms with Gasteiger partial charge in [0.25, 0.3) is 5.91 Å². The van der Waals surface area contributed by atoms with Crippen molar-refractivity contribution >= 4 is 17.3 Å². The van der Waals surface area contributed by atoms with Crippen LogP contribution in [0.3, 0.4) is 0 Å². The van der Waals surface area contributed by atoms with E-state index in [1.54, 1.807) is 5.01 Å². The van der Waals surface area contributed by atoms with Crippen LogP contribution in [-0.2, 0) is 4.79 Å². The van der Waals surface area contributed by atoms with Gasteiger partial charge < -0.3 is 0 Å². The molecular formula is C12H12N2O. The molecule has 15 heavy (non-hydrogen) atoms. The van der Waals surface area contributed by atoms with Gasteiger partial charge in [0.1, 0.15) is 0 Å². The maximum absolute atomic E-state index is 12.0. The Hall–Kier alpha value is -1.64. The first-order valence-corrected chi connectivity index (χ1v) is 5.32. The minimum Gasteiger partial charge on any atom is -0.272 e. The molecule has 1 atom stereocenters. The summed E-state index contributed by atoms with van der Waals surface area (Å²) < 4.78 is 0. The van der Waals surface area contributed by atoms with Crippen LogP contribution in [0.4, 0.5) is 5.69 Å². The first-order valence-electron chi connectivity index (χ1n) is 5.32. The quantitative estimate of drug-likeness (QED) is 0.684. The number of hydrogen-bond acceptors (Lipinski definition) is 2. The lowest BCUT2D eigenvalue weighted by Crippen LogP contribution is -2.25. The van der Waals surface area contributed by atoms with E-state index in [9.17, 15) is 4.79 Å². The molecule has 0 spiro atoms. The summed E-state index contributed by atoms with van der Waals surface area (Å²) in [5.41, 5.74) is 1.95. The molecular weight excluding hydrogens is 188 g/mol. The van der Waals surface area contributed by atoms with Crippen molar-refractivity contribution in [3.8, 4) is 0 Å². The monoisotopic (exact) mass is 200 g/mol. The predicted molar refractivity (Wildman–Crippen MR) is 58.7 cm³/mol. The van der Waals surface area contributed by atoms with Crippen LogP contribution < -0.4 is 5.01 Å². The minimum absolute atomic E-state index is 0.0743. The van der Waals surface area contributed by atoms with Crippen LogP contribution >= 0.6 is 0 Å². The highest BCUT2D eigenvalue weighted by Gasteiger charge is 2.39. The first-order chi connectivity index (χ1) is 7.36. The number of hydrogen-bond donors (Lipinski definition) is 0. The summed E-state index contributed by atoms with van der Waals surface area (Å²) in [5, 5.41) is 5.96. The minimum atomic E-state index is 0.0743. The molecule has 3 heteroatoms. The molecule has 0 aromatic heterocycles. The van der Waals surface area contributed by atoms with E-state index in [0.29, 0.717) is 0 Å². The van der Waals surface area contributed by atoms with Gasteiger partial charge in [-0.15, -0.1) is 0 Å². The van der Waals surface area contributed by atoms with Crippen LogP contribution in [0.25, 0.3) is 0 Å². The average molecular weight is 200 g/mol. The van der Waals surface area contributed by atoms with Gasteiger partial charge in [0.05, 0.1) is 17.3 Å². The Morgan fingerprint density at radius 2 is 2.07 bits per heavy atom. The molecule has 1 aromatic rings. The Bertz CT molecular complexity index is 425. The van der Waals surface area contributed by atoms with Crippen molar-refractivity contribution in [2.24, 2.45) is 11.0 Å². The molecule has 0 unspecified atom stereocenters. The van der Waals surface area contributed by atoms with E-state index in [1.807, 2.05) is 30.3 Å². The predicted octanol–water partition coefficient (Wildman–Crippen LogP) is 2.19. The number of carbonyl (C=O) groups is 1. The van der Waals surface area contributed by atoms with Gasteiger partial charge in [-0.25, -0.2) is 5.01 Å². The number of benzene rings is 1. The number of rotatable bonds is 1. The van der Waals surface area contributed by atoms with Crippen molar-refractivity contribution in [1.82, 2.24) is 0 Å². The number of anilines is 1. The van der Waals surface area contributed by atoms with Gasteiger partial charge in [-0.2, -0.15) is 5.10 Å². The average Bonchev–Trinajstić information content (AvgIpc) is 2.83. The third-order valence-corrected chi connectivity index (χ3v) is 3.06. The van der Waals surface area contributed by atoms with Crippen molar-refractivity contribution in [3.63, 3.8) is 0 Å². The lowest BCUT2D eigenvalue weighted by molar-refractivity contribution is -0.119. The van der Waals surface area contributed by atoms with Crippen LogP contribution in [0.5, 0.6) is 0 Å². The van der Waals surface area contributed by atoms with Gasteiger partial charge >= 0.3 is 0 Å².